The van der Waals surface area contributed by atoms with E-state index in [0.29, 0.717) is 31.7 Å². The maximum absolute atomic E-state index is 15.5. The molecule has 78 heavy (non-hydrogen) atoms. The predicted octanol–water partition coefficient (Wildman–Crippen LogP) is 9.68. The van der Waals surface area contributed by atoms with Crippen LogP contribution in [0.25, 0.3) is 21.7 Å². The van der Waals surface area contributed by atoms with Gasteiger partial charge in [-0.25, -0.2) is 9.37 Å². The van der Waals surface area contributed by atoms with Gasteiger partial charge in [0.2, 0.25) is 17.7 Å². The van der Waals surface area contributed by atoms with Gasteiger partial charge < -0.3 is 44.3 Å². The van der Waals surface area contributed by atoms with E-state index in [4.69, 9.17) is 26.4 Å². The number of alkyl halides is 6. The number of benzene rings is 3. The fourth-order valence-electron chi connectivity index (χ4n) is 8.50. The van der Waals surface area contributed by atoms with Crippen molar-refractivity contribution in [3.05, 3.63) is 112 Å². The second-order valence-corrected chi connectivity index (χ2v) is 21.0. The Morgan fingerprint density at radius 3 is 2.18 bits per heavy atom. The molecule has 3 amide bonds. The Hall–Kier alpha value is -7.07. The van der Waals surface area contributed by atoms with E-state index in [2.05, 4.69) is 20.6 Å². The van der Waals surface area contributed by atoms with Crippen molar-refractivity contribution in [2.75, 3.05) is 56.4 Å². The number of nitriles is 1. The lowest BCUT2D eigenvalue weighted by Crippen LogP contribution is -2.58. The van der Waals surface area contributed by atoms with Crippen LogP contribution in [0.1, 0.15) is 75.4 Å². The number of anilines is 2. The molecule has 1 fully saturated rings. The third-order valence-corrected chi connectivity index (χ3v) is 14.0. The maximum atomic E-state index is 15.5. The Bertz CT molecular complexity index is 3010. The molecule has 1 aliphatic heterocycles. The second-order valence-electron chi connectivity index (χ2n) is 19.7. The van der Waals surface area contributed by atoms with Crippen molar-refractivity contribution >= 4 is 64.0 Å². The molecular formula is C54H57F7N8O7S2. The summed E-state index contributed by atoms with van der Waals surface area (Å²) in [6.45, 7) is 10.4. The summed E-state index contributed by atoms with van der Waals surface area (Å²) in [7, 11) is 1.06. The normalized spacial score (nSPS) is 14.3. The van der Waals surface area contributed by atoms with Gasteiger partial charge >= 0.3 is 12.4 Å². The summed E-state index contributed by atoms with van der Waals surface area (Å²) in [5.41, 5.74) is -3.59. The van der Waals surface area contributed by atoms with E-state index in [0.717, 1.165) is 56.9 Å². The topological polar surface area (TPSA) is 179 Å². The van der Waals surface area contributed by atoms with Crippen molar-refractivity contribution in [2.45, 2.75) is 90.9 Å². The predicted molar refractivity (Wildman–Crippen MR) is 282 cm³/mol. The highest BCUT2D eigenvalue weighted by atomic mass is 32.1. The number of hydrogen-bond donors (Lipinski definition) is 2. The lowest BCUT2D eigenvalue weighted by molar-refractivity contribution is -0.144. The molecule has 2 N–H and O–H groups in total. The fourth-order valence-corrected chi connectivity index (χ4v) is 9.76. The number of pyridine rings is 1. The molecule has 15 nitrogen and oxygen atoms in total. The first-order chi connectivity index (χ1) is 36.7. The third-order valence-electron chi connectivity index (χ3n) is 12.6. The molecule has 0 saturated carbocycles. The Labute approximate surface area is 455 Å². The number of aryl methyl sites for hydroxylation is 1. The minimum absolute atomic E-state index is 0.0108. The first kappa shape index (κ1) is 60.2. The zero-order valence-corrected chi connectivity index (χ0v) is 45.2. The number of carbonyl (C=O) groups excluding carboxylic acids is 4. The van der Waals surface area contributed by atoms with E-state index in [-0.39, 0.29) is 62.7 Å². The number of thiazole rings is 1. The maximum Gasteiger partial charge on any atom is 0.420 e. The number of nitrogens with one attached hydrogen (secondary N) is 2. The highest BCUT2D eigenvalue weighted by Gasteiger charge is 2.43. The molecule has 3 heterocycles. The van der Waals surface area contributed by atoms with Crippen LogP contribution < -0.4 is 25.2 Å². The van der Waals surface area contributed by atoms with Crippen molar-refractivity contribution in [1.29, 1.82) is 5.26 Å². The minimum Gasteiger partial charge on any atom is -0.491 e. The van der Waals surface area contributed by atoms with E-state index >= 15 is 4.39 Å². The number of halogens is 7. The smallest absolute Gasteiger partial charge is 0.420 e. The fraction of sp³-hybridized carbons (Fsp3) is 0.407. The number of aldehydes is 1. The van der Waals surface area contributed by atoms with Gasteiger partial charge in [0.05, 0.1) is 81.9 Å². The molecule has 0 aliphatic carbocycles. The molecule has 416 valence electrons. The van der Waals surface area contributed by atoms with E-state index in [1.54, 1.807) is 16.8 Å². The summed E-state index contributed by atoms with van der Waals surface area (Å²) in [6, 6.07) is 15.2. The first-order valence-corrected chi connectivity index (χ1v) is 25.6. The molecule has 5 aromatic rings. The van der Waals surface area contributed by atoms with Crippen molar-refractivity contribution in [1.82, 2.24) is 25.5 Å². The molecule has 0 bridgehead atoms. The molecule has 24 heteroatoms. The second kappa shape index (κ2) is 25.2. The van der Waals surface area contributed by atoms with Crippen LogP contribution in [0, 0.1) is 29.5 Å². The molecule has 1 saturated heterocycles. The SMILES string of the molecule is Cc1ncsc1-c1ccc(CNC(=O)C2CCCN2C(=O)C(NC(=O)COCCOCCOc2ccc(-c3ncc(N(C(=S)N(C)c4ccc(C#N)c(C(F)(F)F)c4F)C(C)(C)C=O)cc3C(F)(F)F)cc2)C(C)(C)C)cc1. The molecule has 2 atom stereocenters. The van der Waals surface area contributed by atoms with Crippen LogP contribution in [-0.2, 0) is 47.5 Å². The van der Waals surface area contributed by atoms with E-state index in [9.17, 15) is 50.8 Å². The summed E-state index contributed by atoms with van der Waals surface area (Å²) in [5.74, 6) is -2.78. The quantitative estimate of drug-likeness (QED) is 0.0326. The Balaban J connectivity index is 0.977. The zero-order chi connectivity index (χ0) is 57.3. The number of carbonyl (C=O) groups is 4. The molecule has 6 rings (SSSR count). The number of ether oxygens (including phenoxy) is 3. The van der Waals surface area contributed by atoms with Crippen LogP contribution in [0.3, 0.4) is 0 Å². The van der Waals surface area contributed by atoms with E-state index in [1.165, 1.54) is 49.1 Å². The number of rotatable bonds is 20. The van der Waals surface area contributed by atoms with Gasteiger partial charge in [0, 0.05) is 25.7 Å². The molecule has 0 radical (unpaired) electrons. The zero-order valence-electron chi connectivity index (χ0n) is 43.6. The molecular weight excluding hydrogens is 1070 g/mol. The Morgan fingerprint density at radius 2 is 1.58 bits per heavy atom. The Kier molecular flexibility index (Phi) is 19.4. The minimum atomic E-state index is -5.29. The van der Waals surface area contributed by atoms with Gasteiger partial charge in [-0.1, -0.05) is 45.0 Å². The highest BCUT2D eigenvalue weighted by molar-refractivity contribution is 7.80. The van der Waals surface area contributed by atoms with Crippen molar-refractivity contribution in [3.8, 4) is 33.5 Å². The number of thiocarbonyl (C=S) groups is 1. The van der Waals surface area contributed by atoms with Gasteiger partial charge in [-0.2, -0.15) is 31.6 Å². The first-order valence-electron chi connectivity index (χ1n) is 24.3. The monoisotopic (exact) mass is 1130 g/mol. The lowest BCUT2D eigenvalue weighted by atomic mass is 9.85. The average Bonchev–Trinajstić information content (AvgIpc) is 4.14. The third kappa shape index (κ3) is 14.5. The summed E-state index contributed by atoms with van der Waals surface area (Å²) in [4.78, 5) is 65.3. The Morgan fingerprint density at radius 1 is 0.923 bits per heavy atom. The molecule has 3 aromatic carbocycles. The van der Waals surface area contributed by atoms with Crippen LogP contribution >= 0.6 is 23.6 Å². The van der Waals surface area contributed by atoms with Crippen LogP contribution in [-0.4, -0.2) is 108 Å². The molecule has 2 aromatic heterocycles. The van der Waals surface area contributed by atoms with Gasteiger partial charge in [-0.05, 0) is 105 Å². The van der Waals surface area contributed by atoms with E-state index in [1.807, 2.05) is 52.0 Å². The van der Waals surface area contributed by atoms with Crippen molar-refractivity contribution in [3.63, 3.8) is 0 Å². The number of nitrogens with zero attached hydrogens (tertiary/aromatic N) is 6. The van der Waals surface area contributed by atoms with Crippen molar-refractivity contribution in [2.24, 2.45) is 5.41 Å². The summed E-state index contributed by atoms with van der Waals surface area (Å²) >= 11 is 7.03. The van der Waals surface area contributed by atoms with Crippen LogP contribution in [0.15, 0.2) is 78.4 Å². The summed E-state index contributed by atoms with van der Waals surface area (Å²) in [5, 5.41) is 14.4. The van der Waals surface area contributed by atoms with Crippen LogP contribution in [0.4, 0.5) is 42.1 Å². The standard InChI is InChI=1S/C54H57F7N8O7S2/c1-32-46(78-31-65-32)35-12-10-33(11-13-35)27-64-48(72)41-9-8-20-68(41)49(73)47(51(2,3)4)66-42(71)29-75-22-21-74-23-24-76-38-17-14-34(15-18-38)45-39(53(56,57)58)25-37(28-63-45)69(52(5,6)30-70)50(77)67(7)40-19-16-36(26-62)43(44(40)55)54(59,60)61/h10-19,25,28,30-31,41,47H,8-9,20-24,27,29H2,1-7H3,(H,64,72)(H,66,71). The van der Waals surface area contributed by atoms with Gasteiger partial charge in [0.15, 0.2) is 10.9 Å². The number of amides is 3. The largest absolute Gasteiger partial charge is 0.491 e. The average molecular weight is 1130 g/mol. The number of likely N-dealkylation sites (tertiary alicyclic amines) is 1. The number of aromatic nitrogens is 2. The van der Waals surface area contributed by atoms with Gasteiger partial charge in [0.25, 0.3) is 0 Å². The summed E-state index contributed by atoms with van der Waals surface area (Å²) in [6.07, 6.45) is -7.90. The lowest BCUT2D eigenvalue weighted by Gasteiger charge is -2.40. The van der Waals surface area contributed by atoms with Crippen LogP contribution in [0.2, 0.25) is 0 Å². The molecule has 1 aliphatic rings. The summed E-state index contributed by atoms with van der Waals surface area (Å²) < 4.78 is 118. The van der Waals surface area contributed by atoms with E-state index < -0.39 is 86.0 Å². The van der Waals surface area contributed by atoms with Gasteiger partial charge in [0.1, 0.15) is 42.9 Å². The molecule has 2 unspecified atom stereocenters. The number of hydrogen-bond acceptors (Lipinski definition) is 12. The molecule has 0 spiro atoms. The highest BCUT2D eigenvalue weighted by Crippen LogP contribution is 2.41. The van der Waals surface area contributed by atoms with Crippen molar-refractivity contribution < 1.29 is 64.1 Å². The van der Waals surface area contributed by atoms with Gasteiger partial charge in [-0.3, -0.25) is 19.4 Å². The van der Waals surface area contributed by atoms with Crippen LogP contribution in [0.5, 0.6) is 5.75 Å². The van der Waals surface area contributed by atoms with Gasteiger partial charge in [-0.15, -0.1) is 11.3 Å².